The van der Waals surface area contributed by atoms with Crippen molar-refractivity contribution in [3.8, 4) is 17.1 Å². The van der Waals surface area contributed by atoms with Crippen molar-refractivity contribution in [3.63, 3.8) is 0 Å². The maximum Gasteiger partial charge on any atom is 0.0925 e. The van der Waals surface area contributed by atoms with Crippen molar-refractivity contribution in [1.29, 1.82) is 0 Å². The Morgan fingerprint density at radius 2 is 1.90 bits per heavy atom. The van der Waals surface area contributed by atoms with E-state index in [1.807, 2.05) is 59.4 Å². The van der Waals surface area contributed by atoms with Gasteiger partial charge in [0.1, 0.15) is 0 Å². The lowest BCUT2D eigenvalue weighted by atomic mass is 10.2. The van der Waals surface area contributed by atoms with Crippen molar-refractivity contribution in [1.82, 2.24) is 14.8 Å². The molecule has 20 heavy (non-hydrogen) atoms. The third-order valence-electron chi connectivity index (χ3n) is 3.05. The van der Waals surface area contributed by atoms with E-state index in [0.29, 0.717) is 0 Å². The second-order valence-corrected chi connectivity index (χ2v) is 4.42. The van der Waals surface area contributed by atoms with Gasteiger partial charge in [0.05, 0.1) is 23.3 Å². The molecule has 0 fully saturated rings. The molecular formula is C16H16N4. The highest BCUT2D eigenvalue weighted by Gasteiger charge is 2.08. The summed E-state index contributed by atoms with van der Waals surface area (Å²) in [6.45, 7) is 2.97. The van der Waals surface area contributed by atoms with E-state index in [4.69, 9.17) is 0 Å². The molecule has 4 nitrogen and oxygen atoms in total. The Kier molecular flexibility index (Phi) is 3.46. The van der Waals surface area contributed by atoms with Crippen LogP contribution in [0.4, 0.5) is 5.69 Å². The largest absolute Gasteiger partial charge is 0.385 e. The second kappa shape index (κ2) is 5.57. The summed E-state index contributed by atoms with van der Waals surface area (Å²) in [6, 6.07) is 16.1. The van der Waals surface area contributed by atoms with Crippen LogP contribution in [0.15, 0.2) is 60.9 Å². The summed E-state index contributed by atoms with van der Waals surface area (Å²) in [5.41, 5.74) is 3.99. The highest BCUT2D eigenvalue weighted by molar-refractivity contribution is 5.62. The van der Waals surface area contributed by atoms with Crippen molar-refractivity contribution in [2.45, 2.75) is 6.92 Å². The summed E-state index contributed by atoms with van der Waals surface area (Å²) in [5.74, 6) is 0. The minimum atomic E-state index is 0.890. The topological polar surface area (TPSA) is 42.7 Å². The lowest BCUT2D eigenvalue weighted by molar-refractivity contribution is 0.884. The van der Waals surface area contributed by atoms with Gasteiger partial charge in [-0.1, -0.05) is 18.2 Å². The van der Waals surface area contributed by atoms with E-state index in [-0.39, 0.29) is 0 Å². The molecule has 0 bridgehead atoms. The summed E-state index contributed by atoms with van der Waals surface area (Å²) in [6.07, 6.45) is 3.61. The normalized spacial score (nSPS) is 10.4. The molecule has 0 aliphatic rings. The van der Waals surface area contributed by atoms with Crippen LogP contribution >= 0.6 is 0 Å². The molecule has 4 heteroatoms. The van der Waals surface area contributed by atoms with Gasteiger partial charge in [-0.2, -0.15) is 5.10 Å². The number of hydrogen-bond donors (Lipinski definition) is 1. The first-order valence-electron chi connectivity index (χ1n) is 6.68. The predicted molar refractivity (Wildman–Crippen MR) is 81.0 cm³/mol. The summed E-state index contributed by atoms with van der Waals surface area (Å²) >= 11 is 0. The van der Waals surface area contributed by atoms with Crippen LogP contribution in [-0.2, 0) is 0 Å². The fourth-order valence-electron chi connectivity index (χ4n) is 2.16. The van der Waals surface area contributed by atoms with Gasteiger partial charge in [0, 0.05) is 18.4 Å². The zero-order chi connectivity index (χ0) is 13.8. The number of rotatable bonds is 4. The third kappa shape index (κ3) is 2.40. The van der Waals surface area contributed by atoms with Gasteiger partial charge in [0.2, 0.25) is 0 Å². The molecule has 100 valence electrons. The number of aromatic nitrogens is 3. The molecule has 2 heterocycles. The Labute approximate surface area is 118 Å². The fourth-order valence-corrected chi connectivity index (χ4v) is 2.16. The maximum absolute atomic E-state index is 4.45. The number of nitrogens with zero attached hydrogens (tertiary/aromatic N) is 3. The predicted octanol–water partition coefficient (Wildman–Crippen LogP) is 3.37. The van der Waals surface area contributed by atoms with E-state index < -0.39 is 0 Å². The van der Waals surface area contributed by atoms with Gasteiger partial charge >= 0.3 is 0 Å². The first kappa shape index (κ1) is 12.4. The fraction of sp³-hybridized carbons (Fsp3) is 0.125. The van der Waals surface area contributed by atoms with Gasteiger partial charge in [-0.25, -0.2) is 4.68 Å². The second-order valence-electron chi connectivity index (χ2n) is 4.42. The average Bonchev–Trinajstić information content (AvgIpc) is 2.98. The van der Waals surface area contributed by atoms with E-state index >= 15 is 0 Å². The van der Waals surface area contributed by atoms with Crippen LogP contribution in [0, 0.1) is 0 Å². The quantitative estimate of drug-likeness (QED) is 0.785. The van der Waals surface area contributed by atoms with Crippen LogP contribution in [0.2, 0.25) is 0 Å². The molecular weight excluding hydrogens is 248 g/mol. The molecule has 0 aliphatic heterocycles. The molecule has 0 amide bonds. The van der Waals surface area contributed by atoms with Gasteiger partial charge in [-0.15, -0.1) is 0 Å². The first-order valence-corrected chi connectivity index (χ1v) is 6.68. The minimum absolute atomic E-state index is 0.890. The van der Waals surface area contributed by atoms with Gasteiger partial charge in [-0.3, -0.25) is 4.98 Å². The zero-order valence-electron chi connectivity index (χ0n) is 11.3. The van der Waals surface area contributed by atoms with Gasteiger partial charge in [-0.05, 0) is 37.3 Å². The highest BCUT2D eigenvalue weighted by atomic mass is 15.3. The Bertz CT molecular complexity index is 688. The number of anilines is 1. The third-order valence-corrected chi connectivity index (χ3v) is 3.05. The summed E-state index contributed by atoms with van der Waals surface area (Å²) < 4.78 is 1.90. The van der Waals surface area contributed by atoms with Crippen LogP contribution in [0.1, 0.15) is 6.92 Å². The van der Waals surface area contributed by atoms with E-state index in [9.17, 15) is 0 Å². The van der Waals surface area contributed by atoms with Crippen LogP contribution < -0.4 is 5.32 Å². The molecule has 2 aromatic heterocycles. The van der Waals surface area contributed by atoms with Crippen molar-refractivity contribution < 1.29 is 0 Å². The number of hydrogen-bond acceptors (Lipinski definition) is 3. The van der Waals surface area contributed by atoms with Crippen LogP contribution in [0.5, 0.6) is 0 Å². The molecule has 0 atom stereocenters. The average molecular weight is 264 g/mol. The zero-order valence-corrected chi connectivity index (χ0v) is 11.3. The number of pyridine rings is 1. The Morgan fingerprint density at radius 1 is 1.05 bits per heavy atom. The molecule has 1 N–H and O–H groups in total. The lowest BCUT2D eigenvalue weighted by Gasteiger charge is -2.08. The standard InChI is InChI=1S/C16H16N4/c1-2-17-13-8-10-18-15(12-13)16-9-11-19-20(16)14-6-4-3-5-7-14/h3-12H,2H2,1H3,(H,17,18). The van der Waals surface area contributed by atoms with Crippen LogP contribution in [0.3, 0.4) is 0 Å². The summed E-state index contributed by atoms with van der Waals surface area (Å²) in [4.78, 5) is 4.45. The number of para-hydroxylation sites is 1. The SMILES string of the molecule is CCNc1ccnc(-c2ccnn2-c2ccccc2)c1. The summed E-state index contributed by atoms with van der Waals surface area (Å²) in [5, 5.41) is 7.69. The van der Waals surface area contributed by atoms with Gasteiger partial charge < -0.3 is 5.32 Å². The molecule has 0 spiro atoms. The van der Waals surface area contributed by atoms with E-state index in [2.05, 4.69) is 22.3 Å². The molecule has 0 saturated carbocycles. The maximum atomic E-state index is 4.45. The smallest absolute Gasteiger partial charge is 0.0925 e. The first-order chi connectivity index (χ1) is 9.88. The van der Waals surface area contributed by atoms with Crippen molar-refractivity contribution in [2.24, 2.45) is 0 Å². The Balaban J connectivity index is 2.04. The summed E-state index contributed by atoms with van der Waals surface area (Å²) in [7, 11) is 0. The molecule has 1 aromatic carbocycles. The van der Waals surface area contributed by atoms with E-state index in [0.717, 1.165) is 29.3 Å². The van der Waals surface area contributed by atoms with Crippen molar-refractivity contribution in [3.05, 3.63) is 60.9 Å². The van der Waals surface area contributed by atoms with Crippen molar-refractivity contribution in [2.75, 3.05) is 11.9 Å². The Morgan fingerprint density at radius 3 is 2.70 bits per heavy atom. The lowest BCUT2D eigenvalue weighted by Crippen LogP contribution is -2.01. The minimum Gasteiger partial charge on any atom is -0.385 e. The molecule has 0 saturated heterocycles. The molecule has 3 rings (SSSR count). The number of benzene rings is 1. The van der Waals surface area contributed by atoms with Crippen LogP contribution in [0.25, 0.3) is 17.1 Å². The van der Waals surface area contributed by atoms with Crippen molar-refractivity contribution >= 4 is 5.69 Å². The van der Waals surface area contributed by atoms with E-state index in [1.54, 1.807) is 6.20 Å². The molecule has 3 aromatic rings. The van der Waals surface area contributed by atoms with Gasteiger partial charge in [0.25, 0.3) is 0 Å². The molecule has 0 aliphatic carbocycles. The molecule has 0 radical (unpaired) electrons. The highest BCUT2D eigenvalue weighted by Crippen LogP contribution is 2.22. The van der Waals surface area contributed by atoms with E-state index in [1.165, 1.54) is 0 Å². The number of nitrogens with one attached hydrogen (secondary N) is 1. The molecule has 0 unspecified atom stereocenters. The van der Waals surface area contributed by atoms with Crippen LogP contribution in [-0.4, -0.2) is 21.3 Å². The Hall–Kier alpha value is -2.62. The van der Waals surface area contributed by atoms with Gasteiger partial charge in [0.15, 0.2) is 0 Å². The monoisotopic (exact) mass is 264 g/mol.